The van der Waals surface area contributed by atoms with E-state index in [1.807, 2.05) is 31.7 Å². The zero-order valence-corrected chi connectivity index (χ0v) is 12.5. The van der Waals surface area contributed by atoms with Crippen molar-refractivity contribution < 1.29 is 14.3 Å². The Hall–Kier alpha value is -1.71. The second-order valence-electron chi connectivity index (χ2n) is 6.58. The van der Waals surface area contributed by atoms with E-state index in [4.69, 9.17) is 9.47 Å². The van der Waals surface area contributed by atoms with E-state index >= 15 is 0 Å². The summed E-state index contributed by atoms with van der Waals surface area (Å²) >= 11 is 0. The third-order valence-corrected chi connectivity index (χ3v) is 4.08. The first-order valence-electron chi connectivity index (χ1n) is 7.11. The first kappa shape index (κ1) is 13.3. The smallest absolute Gasteiger partial charge is 0.231 e. The summed E-state index contributed by atoms with van der Waals surface area (Å²) in [5, 5.41) is 0. The average molecular weight is 275 g/mol. The minimum Gasteiger partial charge on any atom is -0.454 e. The van der Waals surface area contributed by atoms with Crippen LogP contribution >= 0.6 is 0 Å². The molecule has 20 heavy (non-hydrogen) atoms. The summed E-state index contributed by atoms with van der Waals surface area (Å²) in [6.45, 7) is 9.05. The summed E-state index contributed by atoms with van der Waals surface area (Å²) in [6, 6.07) is 4.18. The first-order valence-corrected chi connectivity index (χ1v) is 7.11. The number of hydrogen-bond donors (Lipinski definition) is 0. The van der Waals surface area contributed by atoms with Crippen LogP contribution < -0.4 is 9.47 Å². The van der Waals surface area contributed by atoms with Crippen molar-refractivity contribution in [3.63, 3.8) is 0 Å². The van der Waals surface area contributed by atoms with Gasteiger partial charge in [-0.3, -0.25) is 4.79 Å². The maximum absolute atomic E-state index is 12.5. The highest BCUT2D eigenvalue weighted by atomic mass is 16.7. The Kier molecular flexibility index (Phi) is 2.92. The second kappa shape index (κ2) is 4.40. The lowest BCUT2D eigenvalue weighted by molar-refractivity contribution is -0.142. The lowest BCUT2D eigenvalue weighted by Crippen LogP contribution is -2.44. The average Bonchev–Trinajstić information content (AvgIpc) is 2.82. The van der Waals surface area contributed by atoms with E-state index in [-0.39, 0.29) is 24.2 Å². The SMILES string of the molecule is CC1c2cc3c(cc2CCN1C(=O)C(C)(C)C)OCO3. The minimum absolute atomic E-state index is 0.0833. The molecule has 2 aliphatic rings. The molecule has 1 atom stereocenters. The molecule has 0 radical (unpaired) electrons. The van der Waals surface area contributed by atoms with Gasteiger partial charge in [0, 0.05) is 12.0 Å². The van der Waals surface area contributed by atoms with Crippen LogP contribution in [-0.4, -0.2) is 24.1 Å². The fourth-order valence-corrected chi connectivity index (χ4v) is 2.92. The van der Waals surface area contributed by atoms with Crippen molar-refractivity contribution in [2.24, 2.45) is 5.41 Å². The van der Waals surface area contributed by atoms with Crippen LogP contribution in [0.2, 0.25) is 0 Å². The standard InChI is InChI=1S/C16H21NO3/c1-10-12-8-14-13(19-9-20-14)7-11(12)5-6-17(10)15(18)16(2,3)4/h7-8,10H,5-6,9H2,1-4H3. The van der Waals surface area contributed by atoms with Crippen LogP contribution in [0.4, 0.5) is 0 Å². The minimum atomic E-state index is -0.345. The lowest BCUT2D eigenvalue weighted by Gasteiger charge is -2.38. The fourth-order valence-electron chi connectivity index (χ4n) is 2.92. The van der Waals surface area contributed by atoms with E-state index in [2.05, 4.69) is 13.0 Å². The Morgan fingerprint density at radius 2 is 1.90 bits per heavy atom. The van der Waals surface area contributed by atoms with Crippen molar-refractivity contribution in [1.82, 2.24) is 4.90 Å². The number of benzene rings is 1. The Bertz CT molecular complexity index is 560. The Morgan fingerprint density at radius 3 is 2.55 bits per heavy atom. The van der Waals surface area contributed by atoms with Gasteiger partial charge in [0.1, 0.15) is 0 Å². The molecule has 0 aliphatic carbocycles. The summed E-state index contributed by atoms with van der Waals surface area (Å²) in [5.41, 5.74) is 2.10. The van der Waals surface area contributed by atoms with E-state index < -0.39 is 0 Å². The number of fused-ring (bicyclic) bond motifs is 2. The van der Waals surface area contributed by atoms with Crippen molar-refractivity contribution >= 4 is 5.91 Å². The molecule has 0 saturated heterocycles. The molecule has 0 spiro atoms. The van der Waals surface area contributed by atoms with Gasteiger partial charge in [-0.15, -0.1) is 0 Å². The summed E-state index contributed by atoms with van der Waals surface area (Å²) in [4.78, 5) is 14.5. The molecular formula is C16H21NO3. The third-order valence-electron chi connectivity index (χ3n) is 4.08. The van der Waals surface area contributed by atoms with E-state index in [0.717, 1.165) is 24.5 Å². The summed E-state index contributed by atoms with van der Waals surface area (Å²) in [5.74, 6) is 1.82. The van der Waals surface area contributed by atoms with Crippen LogP contribution in [0.25, 0.3) is 0 Å². The van der Waals surface area contributed by atoms with E-state index in [0.29, 0.717) is 0 Å². The van der Waals surface area contributed by atoms with Gasteiger partial charge in [0.25, 0.3) is 0 Å². The molecule has 4 nitrogen and oxygen atoms in total. The van der Waals surface area contributed by atoms with Gasteiger partial charge in [0.2, 0.25) is 12.7 Å². The highest BCUT2D eigenvalue weighted by molar-refractivity contribution is 5.82. The Balaban J connectivity index is 1.95. The van der Waals surface area contributed by atoms with E-state index in [1.165, 1.54) is 11.1 Å². The summed E-state index contributed by atoms with van der Waals surface area (Å²) in [6.07, 6.45) is 0.873. The zero-order valence-electron chi connectivity index (χ0n) is 12.5. The molecule has 108 valence electrons. The van der Waals surface area contributed by atoms with Crippen LogP contribution in [0.1, 0.15) is 44.9 Å². The van der Waals surface area contributed by atoms with Gasteiger partial charge in [-0.25, -0.2) is 0 Å². The predicted octanol–water partition coefficient (Wildman–Crippen LogP) is 2.91. The molecule has 1 amide bonds. The van der Waals surface area contributed by atoms with Crippen molar-refractivity contribution in [2.45, 2.75) is 40.2 Å². The normalized spacial score (nSPS) is 20.8. The highest BCUT2D eigenvalue weighted by Gasteiger charge is 2.34. The first-order chi connectivity index (χ1) is 9.38. The lowest BCUT2D eigenvalue weighted by atomic mass is 9.88. The maximum Gasteiger partial charge on any atom is 0.231 e. The third kappa shape index (κ3) is 2.03. The fraction of sp³-hybridized carbons (Fsp3) is 0.562. The molecule has 0 saturated carbocycles. The van der Waals surface area contributed by atoms with Crippen molar-refractivity contribution in [2.75, 3.05) is 13.3 Å². The largest absolute Gasteiger partial charge is 0.454 e. The molecule has 0 bridgehead atoms. The molecule has 0 fully saturated rings. The van der Waals surface area contributed by atoms with Crippen LogP contribution in [0.5, 0.6) is 11.5 Å². The molecule has 0 N–H and O–H groups in total. The molecule has 2 heterocycles. The van der Waals surface area contributed by atoms with Gasteiger partial charge in [-0.2, -0.15) is 0 Å². The number of ether oxygens (including phenoxy) is 2. The predicted molar refractivity (Wildman–Crippen MR) is 75.9 cm³/mol. The topological polar surface area (TPSA) is 38.8 Å². The molecule has 1 unspecified atom stereocenters. The molecule has 3 rings (SSSR count). The van der Waals surface area contributed by atoms with Crippen molar-refractivity contribution in [3.8, 4) is 11.5 Å². The number of hydrogen-bond acceptors (Lipinski definition) is 3. The second-order valence-corrected chi connectivity index (χ2v) is 6.58. The monoisotopic (exact) mass is 275 g/mol. The molecular weight excluding hydrogens is 254 g/mol. The molecule has 1 aromatic rings. The van der Waals surface area contributed by atoms with Gasteiger partial charge in [-0.05, 0) is 36.6 Å². The van der Waals surface area contributed by atoms with Gasteiger partial charge in [0.15, 0.2) is 11.5 Å². The van der Waals surface area contributed by atoms with Crippen molar-refractivity contribution in [1.29, 1.82) is 0 Å². The molecule has 0 aromatic heterocycles. The van der Waals surface area contributed by atoms with E-state index in [1.54, 1.807) is 0 Å². The number of nitrogens with zero attached hydrogens (tertiary/aromatic N) is 1. The van der Waals surface area contributed by atoms with Crippen LogP contribution in [0, 0.1) is 5.41 Å². The Morgan fingerprint density at radius 1 is 1.25 bits per heavy atom. The van der Waals surface area contributed by atoms with E-state index in [9.17, 15) is 4.79 Å². The van der Waals surface area contributed by atoms with Gasteiger partial charge in [-0.1, -0.05) is 20.8 Å². The van der Waals surface area contributed by atoms with Crippen LogP contribution in [0.3, 0.4) is 0 Å². The summed E-state index contributed by atoms with van der Waals surface area (Å²) < 4.78 is 10.9. The maximum atomic E-state index is 12.5. The molecule has 2 aliphatic heterocycles. The zero-order chi connectivity index (χ0) is 14.5. The summed E-state index contributed by atoms with van der Waals surface area (Å²) in [7, 11) is 0. The molecule has 4 heteroatoms. The number of carbonyl (C=O) groups excluding carboxylic acids is 1. The van der Waals surface area contributed by atoms with Gasteiger partial charge < -0.3 is 14.4 Å². The van der Waals surface area contributed by atoms with Crippen LogP contribution in [-0.2, 0) is 11.2 Å². The van der Waals surface area contributed by atoms with Crippen molar-refractivity contribution in [3.05, 3.63) is 23.3 Å². The van der Waals surface area contributed by atoms with Gasteiger partial charge in [0.05, 0.1) is 6.04 Å². The quantitative estimate of drug-likeness (QED) is 0.730. The van der Waals surface area contributed by atoms with Gasteiger partial charge >= 0.3 is 0 Å². The number of amides is 1. The number of rotatable bonds is 0. The Labute approximate surface area is 119 Å². The molecule has 1 aromatic carbocycles. The van der Waals surface area contributed by atoms with Crippen LogP contribution in [0.15, 0.2) is 12.1 Å². The number of carbonyl (C=O) groups is 1. The highest BCUT2D eigenvalue weighted by Crippen LogP contribution is 2.41.